The van der Waals surface area contributed by atoms with Gasteiger partial charge in [-0.2, -0.15) is 5.26 Å². The molecule has 3 aromatic rings. The van der Waals surface area contributed by atoms with Gasteiger partial charge in [0.2, 0.25) is 0 Å². The number of amides is 1. The van der Waals surface area contributed by atoms with Gasteiger partial charge in [0.05, 0.1) is 10.2 Å². The maximum atomic E-state index is 12.6. The van der Waals surface area contributed by atoms with Gasteiger partial charge in [-0.05, 0) is 95.2 Å². The van der Waals surface area contributed by atoms with Gasteiger partial charge >= 0.3 is 0 Å². The van der Waals surface area contributed by atoms with E-state index in [4.69, 9.17) is 32.7 Å². The number of nitriles is 1. The molecule has 0 heterocycles. The third kappa shape index (κ3) is 7.13. The van der Waals surface area contributed by atoms with Crippen molar-refractivity contribution in [3.63, 3.8) is 0 Å². The van der Waals surface area contributed by atoms with Gasteiger partial charge in [-0.25, -0.2) is 0 Å². The van der Waals surface area contributed by atoms with Crippen LogP contribution in [0.4, 0.5) is 5.69 Å². The van der Waals surface area contributed by atoms with E-state index in [0.717, 1.165) is 9.13 Å². The van der Waals surface area contributed by atoms with Crippen LogP contribution in [0.1, 0.15) is 18.1 Å². The molecule has 0 atom stereocenters. The molecule has 0 bridgehead atoms. The summed E-state index contributed by atoms with van der Waals surface area (Å²) in [6.07, 6.45) is 1.51. The number of hydrogen-bond donors (Lipinski definition) is 1. The first kappa shape index (κ1) is 24.9. The number of rotatable bonds is 8. The summed E-state index contributed by atoms with van der Waals surface area (Å²) < 4.78 is 12.6. The van der Waals surface area contributed by atoms with Crippen molar-refractivity contribution in [1.29, 1.82) is 5.26 Å². The second-order valence-electron chi connectivity index (χ2n) is 6.81. The minimum absolute atomic E-state index is 0.0456. The van der Waals surface area contributed by atoms with Crippen molar-refractivity contribution in [2.45, 2.75) is 13.5 Å². The Hall–Kier alpha value is -2.73. The highest BCUT2D eigenvalue weighted by Gasteiger charge is 2.15. The molecule has 0 aromatic heterocycles. The van der Waals surface area contributed by atoms with Crippen LogP contribution >= 0.6 is 45.8 Å². The second kappa shape index (κ2) is 11.9. The van der Waals surface area contributed by atoms with Crippen LogP contribution in [0.5, 0.6) is 11.5 Å². The number of carbonyl (C=O) groups excluding carboxylic acids is 1. The largest absolute Gasteiger partial charge is 0.490 e. The smallest absolute Gasteiger partial charge is 0.266 e. The van der Waals surface area contributed by atoms with E-state index in [1.54, 1.807) is 36.4 Å². The Bertz CT molecular complexity index is 1220. The molecule has 5 nitrogen and oxygen atoms in total. The fourth-order valence-electron chi connectivity index (χ4n) is 2.90. The van der Waals surface area contributed by atoms with Crippen LogP contribution in [0, 0.1) is 14.9 Å². The average Bonchev–Trinajstić information content (AvgIpc) is 2.78. The number of hydrogen-bond acceptors (Lipinski definition) is 4. The lowest BCUT2D eigenvalue weighted by atomic mass is 10.1. The first-order valence-electron chi connectivity index (χ1n) is 9.92. The Labute approximate surface area is 216 Å². The molecule has 33 heavy (non-hydrogen) atoms. The summed E-state index contributed by atoms with van der Waals surface area (Å²) in [5.41, 5.74) is 2.06. The van der Waals surface area contributed by atoms with Crippen molar-refractivity contribution >= 4 is 63.5 Å². The monoisotopic (exact) mass is 592 g/mol. The van der Waals surface area contributed by atoms with E-state index in [0.29, 0.717) is 46.0 Å². The van der Waals surface area contributed by atoms with Gasteiger partial charge in [-0.3, -0.25) is 4.79 Å². The Morgan fingerprint density at radius 3 is 2.52 bits per heavy atom. The van der Waals surface area contributed by atoms with Crippen molar-refractivity contribution in [3.8, 4) is 17.6 Å². The fourth-order valence-corrected chi connectivity index (χ4v) is 4.02. The van der Waals surface area contributed by atoms with Crippen LogP contribution in [0.25, 0.3) is 6.08 Å². The molecule has 0 aliphatic heterocycles. The molecule has 1 amide bonds. The van der Waals surface area contributed by atoms with Crippen LogP contribution in [0.3, 0.4) is 0 Å². The normalized spacial score (nSPS) is 10.9. The Morgan fingerprint density at radius 2 is 1.85 bits per heavy atom. The maximum absolute atomic E-state index is 12.6. The Kier molecular flexibility index (Phi) is 9.01. The van der Waals surface area contributed by atoms with Crippen molar-refractivity contribution in [3.05, 3.63) is 91.0 Å². The molecule has 0 fully saturated rings. The zero-order valence-electron chi connectivity index (χ0n) is 17.6. The molecule has 0 spiro atoms. The minimum atomic E-state index is -0.519. The molecule has 0 saturated heterocycles. The number of carbonyl (C=O) groups is 1. The second-order valence-corrected chi connectivity index (χ2v) is 8.85. The van der Waals surface area contributed by atoms with Gasteiger partial charge in [-0.15, -0.1) is 0 Å². The Morgan fingerprint density at radius 1 is 1.09 bits per heavy atom. The molecule has 0 aliphatic carbocycles. The van der Waals surface area contributed by atoms with Crippen molar-refractivity contribution < 1.29 is 14.3 Å². The number of anilines is 1. The van der Waals surface area contributed by atoms with Crippen molar-refractivity contribution in [2.75, 3.05) is 11.9 Å². The van der Waals surface area contributed by atoms with Crippen molar-refractivity contribution in [2.24, 2.45) is 0 Å². The zero-order chi connectivity index (χ0) is 23.8. The summed E-state index contributed by atoms with van der Waals surface area (Å²) in [6.45, 7) is 2.62. The molecule has 0 radical (unpaired) electrons. The van der Waals surface area contributed by atoms with Crippen molar-refractivity contribution in [1.82, 2.24) is 0 Å². The predicted octanol–water partition coefficient (Wildman–Crippen LogP) is 7.12. The van der Waals surface area contributed by atoms with E-state index in [2.05, 4.69) is 27.9 Å². The van der Waals surface area contributed by atoms with Crippen LogP contribution in [0.15, 0.2) is 66.2 Å². The first-order valence-corrected chi connectivity index (χ1v) is 11.8. The molecule has 168 valence electrons. The molecule has 1 N–H and O–H groups in total. The summed E-state index contributed by atoms with van der Waals surface area (Å²) in [5, 5.41) is 13.4. The maximum Gasteiger partial charge on any atom is 0.266 e. The molecule has 0 aliphatic rings. The SMILES string of the molecule is CCOc1cc(/C=C(\C#N)C(=O)Nc2ccc(Cl)cc2)cc(I)c1OCc1cccc(Cl)c1. The molecule has 3 rings (SSSR count). The summed E-state index contributed by atoms with van der Waals surface area (Å²) in [4.78, 5) is 12.6. The first-order chi connectivity index (χ1) is 15.9. The summed E-state index contributed by atoms with van der Waals surface area (Å²) in [7, 11) is 0. The van der Waals surface area contributed by atoms with Gasteiger partial charge in [0.1, 0.15) is 18.2 Å². The van der Waals surface area contributed by atoms with Crippen LogP contribution in [0.2, 0.25) is 10.0 Å². The highest BCUT2D eigenvalue weighted by atomic mass is 127. The van der Waals surface area contributed by atoms with E-state index in [1.807, 2.05) is 37.3 Å². The van der Waals surface area contributed by atoms with E-state index in [9.17, 15) is 10.1 Å². The number of nitrogens with zero attached hydrogens (tertiary/aromatic N) is 1. The molecule has 0 unspecified atom stereocenters. The molecule has 3 aromatic carbocycles. The van der Waals surface area contributed by atoms with E-state index < -0.39 is 5.91 Å². The van der Waals surface area contributed by atoms with Crippen LogP contribution < -0.4 is 14.8 Å². The lowest BCUT2D eigenvalue weighted by Gasteiger charge is -2.15. The Balaban J connectivity index is 1.84. The fraction of sp³-hybridized carbons (Fsp3) is 0.120. The van der Waals surface area contributed by atoms with Gasteiger partial charge in [0, 0.05) is 15.7 Å². The highest BCUT2D eigenvalue weighted by molar-refractivity contribution is 14.1. The van der Waals surface area contributed by atoms with E-state index in [-0.39, 0.29) is 5.57 Å². The number of nitrogens with one attached hydrogen (secondary N) is 1. The summed E-state index contributed by atoms with van der Waals surface area (Å²) in [5.74, 6) is 0.584. The topological polar surface area (TPSA) is 71.3 Å². The number of benzene rings is 3. The van der Waals surface area contributed by atoms with Gasteiger partial charge in [0.15, 0.2) is 11.5 Å². The lowest BCUT2D eigenvalue weighted by Crippen LogP contribution is -2.13. The lowest BCUT2D eigenvalue weighted by molar-refractivity contribution is -0.112. The van der Waals surface area contributed by atoms with Crippen LogP contribution in [-0.4, -0.2) is 12.5 Å². The minimum Gasteiger partial charge on any atom is -0.490 e. The molecule has 0 saturated carbocycles. The summed E-state index contributed by atoms with van der Waals surface area (Å²) in [6, 6.07) is 19.6. The number of ether oxygens (including phenoxy) is 2. The molecular weight excluding hydrogens is 574 g/mol. The third-order valence-electron chi connectivity index (χ3n) is 4.38. The average molecular weight is 593 g/mol. The molecule has 8 heteroatoms. The van der Waals surface area contributed by atoms with E-state index >= 15 is 0 Å². The number of halogens is 3. The van der Waals surface area contributed by atoms with Gasteiger partial charge < -0.3 is 14.8 Å². The summed E-state index contributed by atoms with van der Waals surface area (Å²) >= 11 is 14.1. The van der Waals surface area contributed by atoms with E-state index in [1.165, 1.54) is 6.08 Å². The molecular formula is C25H19Cl2IN2O3. The quantitative estimate of drug-likeness (QED) is 0.172. The predicted molar refractivity (Wildman–Crippen MR) is 140 cm³/mol. The zero-order valence-corrected chi connectivity index (χ0v) is 21.2. The highest BCUT2D eigenvalue weighted by Crippen LogP contribution is 2.35. The third-order valence-corrected chi connectivity index (χ3v) is 5.67. The van der Waals surface area contributed by atoms with Crippen LogP contribution in [-0.2, 0) is 11.4 Å². The van der Waals surface area contributed by atoms with Gasteiger partial charge in [-0.1, -0.05) is 35.3 Å². The van der Waals surface area contributed by atoms with Gasteiger partial charge in [0.25, 0.3) is 5.91 Å². The standard InChI is InChI=1S/C25H19Cl2IN2O3/c1-2-32-23-13-17(10-18(14-29)25(31)30-21-8-6-19(26)7-9-21)12-22(28)24(23)33-15-16-4-3-5-20(27)11-16/h3-13H,2,15H2,1H3,(H,30,31)/b18-10+.